The van der Waals surface area contributed by atoms with Crippen molar-refractivity contribution in [1.29, 1.82) is 0 Å². The van der Waals surface area contributed by atoms with Gasteiger partial charge in [-0.05, 0) is 23.6 Å². The molecule has 4 aromatic rings. The van der Waals surface area contributed by atoms with Gasteiger partial charge in [-0.15, -0.1) is 10.2 Å². The number of aromatic amines is 1. The Balaban J connectivity index is 1.63. The van der Waals surface area contributed by atoms with Gasteiger partial charge in [-0.2, -0.15) is 0 Å². The topological polar surface area (TPSA) is 142 Å². The Morgan fingerprint density at radius 1 is 1.12 bits per heavy atom. The summed E-state index contributed by atoms with van der Waals surface area (Å²) >= 11 is 1.13. The number of Topliss-reactive ketones (excluding diaryl/α,β-unsaturated/α-hetero) is 1. The molecule has 3 heterocycles. The van der Waals surface area contributed by atoms with Crippen molar-refractivity contribution in [3.63, 3.8) is 0 Å². The highest BCUT2D eigenvalue weighted by molar-refractivity contribution is 7.99. The van der Waals surface area contributed by atoms with Crippen molar-refractivity contribution >= 4 is 23.4 Å². The SMILES string of the molecule is CC(C)Cn1c(N)c(C(=O)CSc2nnc(-c3ccco3)n2Cc2ccccc2)c(=O)[nH]c1=O. The van der Waals surface area contributed by atoms with Crippen LogP contribution in [-0.4, -0.2) is 35.9 Å². The number of furan rings is 1. The lowest BCUT2D eigenvalue weighted by Crippen LogP contribution is -2.37. The number of nitrogen functional groups attached to an aromatic ring is 1. The molecule has 11 heteroatoms. The second kappa shape index (κ2) is 9.96. The lowest BCUT2D eigenvalue weighted by atomic mass is 10.2. The highest BCUT2D eigenvalue weighted by Crippen LogP contribution is 2.26. The molecule has 0 bridgehead atoms. The zero-order valence-electron chi connectivity index (χ0n) is 18.7. The first-order valence-corrected chi connectivity index (χ1v) is 11.6. The number of nitrogens with zero attached hydrogens (tertiary/aromatic N) is 4. The Hall–Kier alpha value is -3.86. The molecule has 0 amide bonds. The van der Waals surface area contributed by atoms with E-state index >= 15 is 0 Å². The van der Waals surface area contributed by atoms with Crippen LogP contribution in [0.15, 0.2) is 67.9 Å². The molecule has 0 aliphatic carbocycles. The van der Waals surface area contributed by atoms with Crippen LogP contribution in [0.3, 0.4) is 0 Å². The quantitative estimate of drug-likeness (QED) is 0.275. The van der Waals surface area contributed by atoms with Crippen LogP contribution in [0.5, 0.6) is 0 Å². The first kappa shape index (κ1) is 23.3. The largest absolute Gasteiger partial charge is 0.461 e. The fourth-order valence-electron chi connectivity index (χ4n) is 3.50. The molecular weight excluding hydrogens is 456 g/mol. The monoisotopic (exact) mass is 480 g/mol. The minimum absolute atomic E-state index is 0.0970. The van der Waals surface area contributed by atoms with Crippen molar-refractivity contribution in [1.82, 2.24) is 24.3 Å². The summed E-state index contributed by atoms with van der Waals surface area (Å²) in [6.45, 7) is 4.56. The average Bonchev–Trinajstić information content (AvgIpc) is 3.46. The number of hydrogen-bond acceptors (Lipinski definition) is 8. The van der Waals surface area contributed by atoms with E-state index in [0.717, 1.165) is 17.3 Å². The van der Waals surface area contributed by atoms with E-state index in [2.05, 4.69) is 15.2 Å². The average molecular weight is 481 g/mol. The third kappa shape index (κ3) is 4.88. The summed E-state index contributed by atoms with van der Waals surface area (Å²) in [5.41, 5.74) is 5.43. The normalized spacial score (nSPS) is 11.3. The molecule has 4 rings (SSSR count). The van der Waals surface area contributed by atoms with Crippen LogP contribution in [0.2, 0.25) is 0 Å². The van der Waals surface area contributed by atoms with E-state index in [0.29, 0.717) is 23.3 Å². The Morgan fingerprint density at radius 3 is 2.56 bits per heavy atom. The van der Waals surface area contributed by atoms with Crippen molar-refractivity contribution in [3.8, 4) is 11.6 Å². The van der Waals surface area contributed by atoms with Crippen LogP contribution < -0.4 is 17.0 Å². The summed E-state index contributed by atoms with van der Waals surface area (Å²) in [5, 5.41) is 8.97. The molecule has 3 aromatic heterocycles. The number of benzene rings is 1. The number of thioether (sulfide) groups is 1. The van der Waals surface area contributed by atoms with Crippen molar-refractivity contribution in [3.05, 3.63) is 80.7 Å². The third-order valence-corrected chi connectivity index (χ3v) is 6.01. The predicted molar refractivity (Wildman–Crippen MR) is 129 cm³/mol. The summed E-state index contributed by atoms with van der Waals surface area (Å²) in [6, 6.07) is 13.3. The molecule has 0 radical (unpaired) electrons. The van der Waals surface area contributed by atoms with Crippen LogP contribution in [0, 0.1) is 5.92 Å². The highest BCUT2D eigenvalue weighted by atomic mass is 32.2. The van der Waals surface area contributed by atoms with E-state index in [-0.39, 0.29) is 29.6 Å². The van der Waals surface area contributed by atoms with Gasteiger partial charge in [0.15, 0.2) is 16.7 Å². The molecule has 0 fully saturated rings. The van der Waals surface area contributed by atoms with Gasteiger partial charge in [-0.25, -0.2) is 4.79 Å². The van der Waals surface area contributed by atoms with Gasteiger partial charge in [0.25, 0.3) is 5.56 Å². The summed E-state index contributed by atoms with van der Waals surface area (Å²) in [4.78, 5) is 39.8. The second-order valence-corrected chi connectivity index (χ2v) is 9.03. The van der Waals surface area contributed by atoms with Gasteiger partial charge in [0.2, 0.25) is 5.82 Å². The molecular formula is C23H24N6O4S. The fourth-order valence-corrected chi connectivity index (χ4v) is 4.31. The molecule has 0 aliphatic rings. The number of hydrogen-bond donors (Lipinski definition) is 2. The van der Waals surface area contributed by atoms with Gasteiger partial charge in [0.05, 0.1) is 18.6 Å². The van der Waals surface area contributed by atoms with Gasteiger partial charge in [-0.1, -0.05) is 55.9 Å². The predicted octanol–water partition coefficient (Wildman–Crippen LogP) is 2.65. The maximum Gasteiger partial charge on any atom is 0.329 e. The van der Waals surface area contributed by atoms with Gasteiger partial charge < -0.3 is 10.2 Å². The van der Waals surface area contributed by atoms with Crippen LogP contribution >= 0.6 is 11.8 Å². The summed E-state index contributed by atoms with van der Waals surface area (Å²) < 4.78 is 8.57. The van der Waals surface area contributed by atoms with Crippen LogP contribution in [0.1, 0.15) is 29.8 Å². The molecule has 10 nitrogen and oxygen atoms in total. The summed E-state index contributed by atoms with van der Waals surface area (Å²) in [6.07, 6.45) is 1.55. The van der Waals surface area contributed by atoms with E-state index in [1.807, 2.05) is 48.7 Å². The van der Waals surface area contributed by atoms with Crippen LogP contribution in [0.25, 0.3) is 11.6 Å². The maximum atomic E-state index is 13.0. The zero-order valence-corrected chi connectivity index (χ0v) is 19.5. The molecule has 0 unspecified atom stereocenters. The van der Waals surface area contributed by atoms with Crippen LogP contribution in [-0.2, 0) is 13.1 Å². The van der Waals surface area contributed by atoms with Crippen molar-refractivity contribution in [2.45, 2.75) is 32.1 Å². The van der Waals surface area contributed by atoms with Crippen molar-refractivity contribution in [2.24, 2.45) is 5.92 Å². The lowest BCUT2D eigenvalue weighted by molar-refractivity contribution is 0.102. The zero-order chi connectivity index (χ0) is 24.2. The fraction of sp³-hybridized carbons (Fsp3) is 0.261. The molecule has 0 saturated heterocycles. The smallest absolute Gasteiger partial charge is 0.329 e. The number of nitrogens with two attached hydrogens (primary N) is 1. The van der Waals surface area contributed by atoms with E-state index < -0.39 is 17.0 Å². The Labute approximate surface area is 198 Å². The number of H-pyrrole nitrogens is 1. The van der Waals surface area contributed by atoms with Gasteiger partial charge >= 0.3 is 5.69 Å². The summed E-state index contributed by atoms with van der Waals surface area (Å²) in [7, 11) is 0. The molecule has 0 atom stereocenters. The number of anilines is 1. The number of ketones is 1. The number of carbonyl (C=O) groups is 1. The molecule has 3 N–H and O–H groups in total. The maximum absolute atomic E-state index is 13.0. The Bertz CT molecular complexity index is 1400. The lowest BCUT2D eigenvalue weighted by Gasteiger charge is -2.14. The first-order valence-electron chi connectivity index (χ1n) is 10.6. The summed E-state index contributed by atoms with van der Waals surface area (Å²) in [5.74, 6) is 0.415. The number of carbonyl (C=O) groups excluding carboxylic acids is 1. The van der Waals surface area contributed by atoms with Crippen LogP contribution in [0.4, 0.5) is 5.82 Å². The second-order valence-electron chi connectivity index (χ2n) is 8.09. The third-order valence-electron chi connectivity index (χ3n) is 5.04. The van der Waals surface area contributed by atoms with E-state index in [1.165, 1.54) is 4.57 Å². The minimum Gasteiger partial charge on any atom is -0.461 e. The Kier molecular flexibility index (Phi) is 6.82. The number of nitrogens with one attached hydrogen (secondary N) is 1. The minimum atomic E-state index is -0.796. The standard InChI is InChI=1S/C23H24N6O4S/c1-14(2)11-28-19(24)18(21(31)25-22(28)32)16(30)13-34-23-27-26-20(17-9-6-10-33-17)29(23)12-15-7-4-3-5-8-15/h3-10,14H,11-13,24H2,1-2H3,(H,25,31,32). The molecule has 176 valence electrons. The molecule has 1 aromatic carbocycles. The van der Waals surface area contributed by atoms with Gasteiger partial charge in [0.1, 0.15) is 11.4 Å². The Morgan fingerprint density at radius 2 is 1.88 bits per heavy atom. The van der Waals surface area contributed by atoms with E-state index in [4.69, 9.17) is 10.2 Å². The molecule has 0 spiro atoms. The van der Waals surface area contributed by atoms with Gasteiger partial charge in [0, 0.05) is 6.54 Å². The molecule has 0 saturated carbocycles. The highest BCUT2D eigenvalue weighted by Gasteiger charge is 2.22. The van der Waals surface area contributed by atoms with Gasteiger partial charge in [-0.3, -0.25) is 23.7 Å². The molecule has 34 heavy (non-hydrogen) atoms. The number of aromatic nitrogens is 5. The first-order chi connectivity index (χ1) is 16.3. The van der Waals surface area contributed by atoms with Crippen molar-refractivity contribution < 1.29 is 9.21 Å². The van der Waals surface area contributed by atoms with Crippen molar-refractivity contribution in [2.75, 3.05) is 11.5 Å². The molecule has 0 aliphatic heterocycles. The van der Waals surface area contributed by atoms with E-state index in [1.54, 1.807) is 18.4 Å². The van der Waals surface area contributed by atoms with E-state index in [9.17, 15) is 14.4 Å². The number of rotatable bonds is 9.